The highest BCUT2D eigenvalue weighted by Gasteiger charge is 2.08. The molecule has 1 aromatic heterocycles. The molecular formula is C15H16FN3O3S. The Balaban J connectivity index is 1.88. The molecule has 0 saturated heterocycles. The topological polar surface area (TPSA) is 84.1 Å². The molecule has 1 amide bonds. The van der Waals surface area contributed by atoms with E-state index in [1.54, 1.807) is 19.1 Å². The predicted molar refractivity (Wildman–Crippen MR) is 85.1 cm³/mol. The van der Waals surface area contributed by atoms with Crippen molar-refractivity contribution in [2.75, 3.05) is 12.9 Å². The Morgan fingerprint density at radius 3 is 2.96 bits per heavy atom. The van der Waals surface area contributed by atoms with Gasteiger partial charge >= 0.3 is 5.69 Å². The van der Waals surface area contributed by atoms with Crippen LogP contribution in [-0.4, -0.2) is 28.7 Å². The zero-order valence-electron chi connectivity index (χ0n) is 12.7. The monoisotopic (exact) mass is 337 g/mol. The van der Waals surface area contributed by atoms with Gasteiger partial charge in [-0.3, -0.25) is 4.79 Å². The van der Waals surface area contributed by atoms with Crippen LogP contribution in [0.2, 0.25) is 0 Å². The van der Waals surface area contributed by atoms with E-state index in [1.165, 1.54) is 31.1 Å². The van der Waals surface area contributed by atoms with E-state index in [4.69, 9.17) is 4.74 Å². The van der Waals surface area contributed by atoms with Crippen LogP contribution in [0.25, 0.3) is 0 Å². The first-order valence-electron chi connectivity index (χ1n) is 6.77. The van der Waals surface area contributed by atoms with Crippen LogP contribution in [-0.2, 0) is 11.3 Å². The Bertz CT molecular complexity index is 764. The number of amides is 1. The molecule has 1 aromatic carbocycles. The van der Waals surface area contributed by atoms with Gasteiger partial charge in [0, 0.05) is 24.4 Å². The molecule has 0 aliphatic carbocycles. The van der Waals surface area contributed by atoms with E-state index in [0.29, 0.717) is 16.3 Å². The molecule has 122 valence electrons. The van der Waals surface area contributed by atoms with Crippen molar-refractivity contribution in [1.82, 2.24) is 15.3 Å². The average Bonchev–Trinajstić information content (AvgIpc) is 2.54. The van der Waals surface area contributed by atoms with Crippen LogP contribution in [0.1, 0.15) is 11.1 Å². The van der Waals surface area contributed by atoms with E-state index in [9.17, 15) is 14.0 Å². The van der Waals surface area contributed by atoms with Crippen molar-refractivity contribution >= 4 is 17.7 Å². The highest BCUT2D eigenvalue weighted by Crippen LogP contribution is 2.18. The summed E-state index contributed by atoms with van der Waals surface area (Å²) in [5.74, 6) is -0.169. The first-order chi connectivity index (χ1) is 11.0. The molecular weight excluding hydrogens is 321 g/mol. The number of hydrogen-bond donors (Lipinski definition) is 2. The van der Waals surface area contributed by atoms with Crippen LogP contribution in [0.3, 0.4) is 0 Å². The second-order valence-electron chi connectivity index (χ2n) is 4.72. The Hall–Kier alpha value is -2.35. The third kappa shape index (κ3) is 4.82. The summed E-state index contributed by atoms with van der Waals surface area (Å²) in [5.41, 5.74) is 0.694. The number of carbonyl (C=O) groups excluding carboxylic acids is 1. The number of rotatable bonds is 6. The van der Waals surface area contributed by atoms with Crippen molar-refractivity contribution in [3.05, 3.63) is 51.8 Å². The summed E-state index contributed by atoms with van der Waals surface area (Å²) in [6.45, 7) is 1.87. The molecule has 8 heteroatoms. The van der Waals surface area contributed by atoms with Crippen LogP contribution < -0.4 is 15.7 Å². The number of aromatic amines is 1. The minimum absolute atomic E-state index is 0.0844. The fourth-order valence-electron chi connectivity index (χ4n) is 1.77. The molecule has 0 aliphatic rings. The van der Waals surface area contributed by atoms with Gasteiger partial charge in [-0.15, -0.1) is 0 Å². The average molecular weight is 337 g/mol. The number of carbonyl (C=O) groups is 1. The quantitative estimate of drug-likeness (QED) is 0.618. The minimum Gasteiger partial charge on any atom is -0.497 e. The van der Waals surface area contributed by atoms with Crippen molar-refractivity contribution in [3.8, 4) is 5.75 Å². The summed E-state index contributed by atoms with van der Waals surface area (Å²) < 4.78 is 18.7. The van der Waals surface area contributed by atoms with Gasteiger partial charge in [-0.2, -0.15) is 0 Å². The van der Waals surface area contributed by atoms with Gasteiger partial charge in [0.15, 0.2) is 0 Å². The van der Waals surface area contributed by atoms with E-state index >= 15 is 0 Å². The van der Waals surface area contributed by atoms with Crippen LogP contribution in [0.5, 0.6) is 5.75 Å². The third-order valence-electron chi connectivity index (χ3n) is 3.04. The van der Waals surface area contributed by atoms with Gasteiger partial charge in [0.2, 0.25) is 5.91 Å². The Labute approximate surface area is 136 Å². The number of thioether (sulfide) groups is 1. The lowest BCUT2D eigenvalue weighted by molar-refractivity contribution is -0.118. The number of nitrogens with zero attached hydrogens (tertiary/aromatic N) is 1. The number of nitrogens with one attached hydrogen (secondary N) is 2. The van der Waals surface area contributed by atoms with Gasteiger partial charge in [0.05, 0.1) is 17.9 Å². The first kappa shape index (κ1) is 17.0. The van der Waals surface area contributed by atoms with Crippen molar-refractivity contribution in [1.29, 1.82) is 0 Å². The Kier molecular flexibility index (Phi) is 5.75. The Morgan fingerprint density at radius 1 is 1.48 bits per heavy atom. The number of ether oxygens (including phenoxy) is 1. The SMILES string of the molecule is COc1ccc(CNC(=O)CSc2[nH]c(=O)ncc2C)c(F)c1. The zero-order chi connectivity index (χ0) is 16.8. The second kappa shape index (κ2) is 7.77. The summed E-state index contributed by atoms with van der Waals surface area (Å²) in [6, 6.07) is 4.46. The van der Waals surface area contributed by atoms with Gasteiger partial charge in [0.1, 0.15) is 11.6 Å². The lowest BCUT2D eigenvalue weighted by atomic mass is 10.2. The molecule has 0 atom stereocenters. The molecule has 2 N–H and O–H groups in total. The number of benzene rings is 1. The second-order valence-corrected chi connectivity index (χ2v) is 5.71. The van der Waals surface area contributed by atoms with E-state index in [1.807, 2.05) is 0 Å². The van der Waals surface area contributed by atoms with Crippen LogP contribution in [0.4, 0.5) is 4.39 Å². The number of hydrogen-bond acceptors (Lipinski definition) is 5. The summed E-state index contributed by atoms with van der Waals surface area (Å²) in [7, 11) is 1.46. The van der Waals surface area contributed by atoms with Crippen LogP contribution >= 0.6 is 11.8 Å². The van der Waals surface area contributed by atoms with Gasteiger partial charge in [-0.25, -0.2) is 14.2 Å². The number of methoxy groups -OCH3 is 1. The molecule has 0 radical (unpaired) electrons. The van der Waals surface area contributed by atoms with Gasteiger partial charge in [-0.05, 0) is 18.6 Å². The number of halogens is 1. The number of aromatic nitrogens is 2. The molecule has 6 nitrogen and oxygen atoms in total. The highest BCUT2D eigenvalue weighted by molar-refractivity contribution is 7.99. The Morgan fingerprint density at radius 2 is 2.26 bits per heavy atom. The van der Waals surface area contributed by atoms with E-state index < -0.39 is 11.5 Å². The van der Waals surface area contributed by atoms with E-state index in [0.717, 1.165) is 5.56 Å². The molecule has 0 aliphatic heterocycles. The normalized spacial score (nSPS) is 10.4. The summed E-state index contributed by atoms with van der Waals surface area (Å²) in [4.78, 5) is 29.1. The smallest absolute Gasteiger partial charge is 0.345 e. The molecule has 0 spiro atoms. The van der Waals surface area contributed by atoms with Crippen molar-refractivity contribution in [2.24, 2.45) is 0 Å². The first-order valence-corrected chi connectivity index (χ1v) is 7.76. The largest absolute Gasteiger partial charge is 0.497 e. The predicted octanol–water partition coefficient (Wildman–Crippen LogP) is 1.63. The molecule has 2 rings (SSSR count). The summed E-state index contributed by atoms with van der Waals surface area (Å²) in [6.07, 6.45) is 1.45. The van der Waals surface area contributed by atoms with Crippen LogP contribution in [0, 0.1) is 12.7 Å². The standard InChI is InChI=1S/C15H16FN3O3S/c1-9-6-18-15(21)19-14(9)23-8-13(20)17-7-10-3-4-11(22-2)5-12(10)16/h3-6H,7-8H2,1-2H3,(H,17,20)(H,18,19,21). The number of H-pyrrole nitrogens is 1. The molecule has 0 fully saturated rings. The minimum atomic E-state index is -0.459. The molecule has 0 saturated carbocycles. The summed E-state index contributed by atoms with van der Waals surface area (Å²) in [5, 5.41) is 3.23. The van der Waals surface area contributed by atoms with Crippen molar-refractivity contribution < 1.29 is 13.9 Å². The number of aryl methyl sites for hydroxylation is 1. The van der Waals surface area contributed by atoms with E-state index in [-0.39, 0.29) is 18.2 Å². The van der Waals surface area contributed by atoms with E-state index in [2.05, 4.69) is 15.3 Å². The summed E-state index contributed by atoms with van der Waals surface area (Å²) >= 11 is 1.19. The van der Waals surface area contributed by atoms with Gasteiger partial charge in [0.25, 0.3) is 0 Å². The highest BCUT2D eigenvalue weighted by atomic mass is 32.2. The maximum absolute atomic E-state index is 13.8. The zero-order valence-corrected chi connectivity index (χ0v) is 13.5. The fourth-order valence-corrected chi connectivity index (χ4v) is 2.59. The molecule has 1 heterocycles. The maximum Gasteiger partial charge on any atom is 0.345 e. The lowest BCUT2D eigenvalue weighted by Gasteiger charge is -2.08. The fraction of sp³-hybridized carbons (Fsp3) is 0.267. The van der Waals surface area contributed by atoms with Crippen LogP contribution in [0.15, 0.2) is 34.2 Å². The molecule has 2 aromatic rings. The molecule has 0 bridgehead atoms. The van der Waals surface area contributed by atoms with Crippen molar-refractivity contribution in [2.45, 2.75) is 18.5 Å². The van der Waals surface area contributed by atoms with Gasteiger partial charge in [-0.1, -0.05) is 17.8 Å². The maximum atomic E-state index is 13.8. The molecule has 0 unspecified atom stereocenters. The van der Waals surface area contributed by atoms with Gasteiger partial charge < -0.3 is 15.0 Å². The lowest BCUT2D eigenvalue weighted by Crippen LogP contribution is -2.25. The van der Waals surface area contributed by atoms with Crippen molar-refractivity contribution in [3.63, 3.8) is 0 Å². The molecule has 23 heavy (non-hydrogen) atoms. The third-order valence-corrected chi connectivity index (χ3v) is 4.16.